The van der Waals surface area contributed by atoms with Crippen molar-refractivity contribution in [3.05, 3.63) is 76.9 Å². The van der Waals surface area contributed by atoms with Crippen molar-refractivity contribution in [2.24, 2.45) is 0 Å². The van der Waals surface area contributed by atoms with Gasteiger partial charge in [0, 0.05) is 12.8 Å². The van der Waals surface area contributed by atoms with Crippen LogP contribution in [0.4, 0.5) is 16.2 Å². The first-order chi connectivity index (χ1) is 18.5. The number of benzene rings is 3. The summed E-state index contributed by atoms with van der Waals surface area (Å²) < 4.78 is 10.2. The van der Waals surface area contributed by atoms with E-state index in [1.807, 2.05) is 32.9 Å². The topological polar surface area (TPSA) is 143 Å². The van der Waals surface area contributed by atoms with Gasteiger partial charge in [0.25, 0.3) is 11.7 Å². The van der Waals surface area contributed by atoms with Crippen LogP contribution in [-0.2, 0) is 14.3 Å². The van der Waals surface area contributed by atoms with Crippen LogP contribution >= 0.6 is 0 Å². The number of ether oxygens (including phenoxy) is 2. The monoisotopic (exact) mass is 533 g/mol. The Morgan fingerprint density at radius 3 is 2.10 bits per heavy atom. The van der Waals surface area contributed by atoms with Gasteiger partial charge in [-0.25, -0.2) is 9.59 Å². The fraction of sp³-hybridized carbons (Fsp3) is 0.241. The first-order valence-electron chi connectivity index (χ1n) is 12.1. The Morgan fingerprint density at radius 1 is 0.897 bits per heavy atom. The first kappa shape index (κ1) is 28.9. The van der Waals surface area contributed by atoms with Crippen LogP contribution in [0.5, 0.6) is 5.75 Å². The maximum Gasteiger partial charge on any atom is 0.374 e. The molecular weight excluding hydrogens is 502 g/mol. The summed E-state index contributed by atoms with van der Waals surface area (Å²) >= 11 is 0. The second kappa shape index (κ2) is 12.7. The number of aryl methyl sites for hydroxylation is 3. The summed E-state index contributed by atoms with van der Waals surface area (Å²) in [5.41, 5.74) is 4.71. The number of rotatable bonds is 10. The molecule has 3 aromatic rings. The molecule has 0 saturated carbocycles. The summed E-state index contributed by atoms with van der Waals surface area (Å²) in [6.45, 7) is 5.38. The fourth-order valence-corrected chi connectivity index (χ4v) is 4.29. The van der Waals surface area contributed by atoms with Crippen LogP contribution < -0.4 is 20.7 Å². The maximum atomic E-state index is 13.6. The largest absolute Gasteiger partial charge is 0.497 e. The Balaban J connectivity index is 2.03. The van der Waals surface area contributed by atoms with E-state index < -0.39 is 29.7 Å². The van der Waals surface area contributed by atoms with Crippen molar-refractivity contribution in [3.8, 4) is 16.9 Å². The lowest BCUT2D eigenvalue weighted by atomic mass is 9.97. The molecule has 3 amide bonds. The number of carboxylic acid groups (broad SMARTS) is 1. The molecule has 10 heteroatoms. The number of Topliss-reactive ketones (excluding diaryl/α,β-unsaturated/α-hetero) is 1. The molecule has 0 aromatic heterocycles. The van der Waals surface area contributed by atoms with Crippen LogP contribution in [0.15, 0.2) is 54.6 Å². The highest BCUT2D eigenvalue weighted by Gasteiger charge is 2.29. The van der Waals surface area contributed by atoms with E-state index in [9.17, 15) is 24.3 Å². The molecule has 4 N–H and O–H groups in total. The number of anilines is 2. The molecule has 39 heavy (non-hydrogen) atoms. The molecule has 0 aliphatic carbocycles. The van der Waals surface area contributed by atoms with Crippen molar-refractivity contribution >= 4 is 35.1 Å². The molecule has 3 aromatic carbocycles. The first-order valence-corrected chi connectivity index (χ1v) is 12.1. The van der Waals surface area contributed by atoms with Crippen LogP contribution in [0, 0.1) is 20.8 Å². The standard InChI is InChI=1S/C29H31N3O7/c1-16-13-17(2)25(18(3)14-16)32-29(37)31-22-8-6-7-21(19-9-11-20(39-5)12-10-19)24(22)27(34)30-23(15-38-4)26(33)28(35)36/h6-14,23H,15H2,1-5H3,(H,30,34)(H,35,36)(H2,31,32,37)/t23-/m0/s1. The van der Waals surface area contributed by atoms with Crippen LogP contribution in [0.1, 0.15) is 27.0 Å². The second-order valence-corrected chi connectivity index (χ2v) is 8.96. The van der Waals surface area contributed by atoms with Crippen LogP contribution in [0.3, 0.4) is 0 Å². The van der Waals surface area contributed by atoms with Gasteiger partial charge in [-0.1, -0.05) is 42.0 Å². The maximum absolute atomic E-state index is 13.6. The minimum Gasteiger partial charge on any atom is -0.497 e. The Kier molecular flexibility index (Phi) is 9.40. The number of nitrogens with one attached hydrogen (secondary N) is 3. The SMILES string of the molecule is COC[C@H](NC(=O)c1c(NC(=O)Nc2c(C)cc(C)cc2C)cccc1-c1ccc(OC)cc1)C(=O)C(=O)O. The molecule has 3 rings (SSSR count). The molecule has 204 valence electrons. The minimum absolute atomic E-state index is 0.0365. The zero-order chi connectivity index (χ0) is 28.7. The lowest BCUT2D eigenvalue weighted by Crippen LogP contribution is -2.47. The van der Waals surface area contributed by atoms with E-state index in [2.05, 4.69) is 16.0 Å². The van der Waals surface area contributed by atoms with E-state index in [-0.39, 0.29) is 17.9 Å². The number of carboxylic acids is 1. The number of ketones is 1. The van der Waals surface area contributed by atoms with Gasteiger partial charge in [-0.3, -0.25) is 9.59 Å². The summed E-state index contributed by atoms with van der Waals surface area (Å²) in [4.78, 5) is 50.2. The predicted molar refractivity (Wildman–Crippen MR) is 147 cm³/mol. The molecule has 0 aliphatic rings. The lowest BCUT2D eigenvalue weighted by Gasteiger charge is -2.20. The van der Waals surface area contributed by atoms with Crippen molar-refractivity contribution in [3.63, 3.8) is 0 Å². The van der Waals surface area contributed by atoms with Gasteiger partial charge in [0.15, 0.2) is 0 Å². The second-order valence-electron chi connectivity index (χ2n) is 8.96. The van der Waals surface area contributed by atoms with Gasteiger partial charge >= 0.3 is 12.0 Å². The van der Waals surface area contributed by atoms with Gasteiger partial charge < -0.3 is 30.5 Å². The summed E-state index contributed by atoms with van der Waals surface area (Å²) in [7, 11) is 2.82. The van der Waals surface area contributed by atoms with E-state index in [0.717, 1.165) is 16.7 Å². The van der Waals surface area contributed by atoms with E-state index in [1.54, 1.807) is 42.5 Å². The molecule has 0 fully saturated rings. The van der Waals surface area contributed by atoms with Gasteiger partial charge in [0.05, 0.1) is 25.0 Å². The quantitative estimate of drug-likeness (QED) is 0.284. The number of hydrogen-bond donors (Lipinski definition) is 4. The molecule has 0 aliphatic heterocycles. The van der Waals surface area contributed by atoms with Gasteiger partial charge in [-0.05, 0) is 61.2 Å². The zero-order valence-corrected chi connectivity index (χ0v) is 22.4. The number of aliphatic carboxylic acids is 1. The van der Waals surface area contributed by atoms with E-state index in [1.165, 1.54) is 14.2 Å². The summed E-state index contributed by atoms with van der Waals surface area (Å²) in [5.74, 6) is -3.10. The molecule has 0 spiro atoms. The summed E-state index contributed by atoms with van der Waals surface area (Å²) in [6, 6.07) is 13.7. The highest BCUT2D eigenvalue weighted by molar-refractivity contribution is 6.35. The highest BCUT2D eigenvalue weighted by Crippen LogP contribution is 2.31. The molecule has 0 bridgehead atoms. The van der Waals surface area contributed by atoms with E-state index >= 15 is 0 Å². The number of hydrogen-bond acceptors (Lipinski definition) is 6. The normalized spacial score (nSPS) is 11.3. The van der Waals surface area contributed by atoms with Crippen molar-refractivity contribution in [1.29, 1.82) is 0 Å². The van der Waals surface area contributed by atoms with E-state index in [0.29, 0.717) is 22.6 Å². The molecule has 0 heterocycles. The molecule has 1 atom stereocenters. The minimum atomic E-state index is -1.71. The van der Waals surface area contributed by atoms with Crippen molar-refractivity contribution in [2.45, 2.75) is 26.8 Å². The Hall–Kier alpha value is -4.70. The van der Waals surface area contributed by atoms with Crippen molar-refractivity contribution in [2.75, 3.05) is 31.5 Å². The number of urea groups is 1. The third-order valence-electron chi connectivity index (χ3n) is 6.02. The third kappa shape index (κ3) is 6.99. The van der Waals surface area contributed by atoms with Gasteiger partial charge in [0.1, 0.15) is 11.8 Å². The molecule has 10 nitrogen and oxygen atoms in total. The molecular formula is C29H31N3O7. The van der Waals surface area contributed by atoms with Crippen LogP contribution in [-0.4, -0.2) is 55.7 Å². The average Bonchev–Trinajstić information content (AvgIpc) is 2.89. The lowest BCUT2D eigenvalue weighted by molar-refractivity contribution is -0.150. The van der Waals surface area contributed by atoms with Crippen molar-refractivity contribution < 1.29 is 33.8 Å². The summed E-state index contributed by atoms with van der Waals surface area (Å²) in [6.07, 6.45) is 0. The van der Waals surface area contributed by atoms with Crippen molar-refractivity contribution in [1.82, 2.24) is 5.32 Å². The Morgan fingerprint density at radius 2 is 1.54 bits per heavy atom. The molecule has 0 saturated heterocycles. The van der Waals surface area contributed by atoms with Gasteiger partial charge in [0.2, 0.25) is 0 Å². The van der Waals surface area contributed by atoms with Crippen LogP contribution in [0.25, 0.3) is 11.1 Å². The molecule has 0 radical (unpaired) electrons. The number of amides is 3. The van der Waals surface area contributed by atoms with E-state index in [4.69, 9.17) is 9.47 Å². The number of methoxy groups -OCH3 is 2. The smallest absolute Gasteiger partial charge is 0.374 e. The Bertz CT molecular complexity index is 1380. The zero-order valence-electron chi connectivity index (χ0n) is 22.4. The molecule has 0 unspecified atom stereocenters. The predicted octanol–water partition coefficient (Wildman–Crippen LogP) is 4.33. The average molecular weight is 534 g/mol. The fourth-order valence-electron chi connectivity index (χ4n) is 4.29. The number of carbonyl (C=O) groups is 4. The van der Waals surface area contributed by atoms with Gasteiger partial charge in [-0.2, -0.15) is 0 Å². The number of carbonyl (C=O) groups excluding carboxylic acids is 3. The van der Waals surface area contributed by atoms with Gasteiger partial charge in [-0.15, -0.1) is 0 Å². The Labute approximate surface area is 226 Å². The third-order valence-corrected chi connectivity index (χ3v) is 6.02. The highest BCUT2D eigenvalue weighted by atomic mass is 16.5. The van der Waals surface area contributed by atoms with Crippen LogP contribution in [0.2, 0.25) is 0 Å². The summed E-state index contributed by atoms with van der Waals surface area (Å²) in [5, 5.41) is 17.2.